The molecule has 3 rings (SSSR count). The number of hydrogen-bond acceptors (Lipinski definition) is 4. The summed E-state index contributed by atoms with van der Waals surface area (Å²) in [6, 6.07) is 9.49. The van der Waals surface area contributed by atoms with Gasteiger partial charge in [0.2, 0.25) is 0 Å². The summed E-state index contributed by atoms with van der Waals surface area (Å²) in [5.74, 6) is 0.214. The number of aromatic nitrogens is 1. The van der Waals surface area contributed by atoms with E-state index in [2.05, 4.69) is 4.98 Å². The second kappa shape index (κ2) is 5.67. The molecule has 0 radical (unpaired) electrons. The van der Waals surface area contributed by atoms with Crippen LogP contribution in [0.5, 0.6) is 5.75 Å². The lowest BCUT2D eigenvalue weighted by atomic mass is 10.1. The summed E-state index contributed by atoms with van der Waals surface area (Å²) in [6.45, 7) is 3.62. The van der Waals surface area contributed by atoms with Crippen LogP contribution in [0.15, 0.2) is 35.1 Å². The number of rotatable bonds is 3. The van der Waals surface area contributed by atoms with Gasteiger partial charge in [0.1, 0.15) is 24.0 Å². The molecular formula is C17H17NO4. The predicted octanol–water partition coefficient (Wildman–Crippen LogP) is 2.15. The lowest BCUT2D eigenvalue weighted by Crippen LogP contribution is -2.27. The second-order valence-corrected chi connectivity index (χ2v) is 5.49. The van der Waals surface area contributed by atoms with Crippen LogP contribution in [-0.2, 0) is 11.2 Å². The highest BCUT2D eigenvalue weighted by Gasteiger charge is 2.25. The van der Waals surface area contributed by atoms with Crippen LogP contribution in [-0.4, -0.2) is 23.7 Å². The molecular weight excluding hydrogens is 282 g/mol. The highest BCUT2D eigenvalue weighted by atomic mass is 16.6. The smallest absolute Gasteiger partial charge is 0.344 e. The summed E-state index contributed by atoms with van der Waals surface area (Å²) < 4.78 is 11.0. The molecule has 1 aliphatic rings. The lowest BCUT2D eigenvalue weighted by Gasteiger charge is -2.12. The van der Waals surface area contributed by atoms with Gasteiger partial charge in [-0.25, -0.2) is 4.79 Å². The van der Waals surface area contributed by atoms with Crippen LogP contribution in [0.2, 0.25) is 0 Å². The molecule has 0 unspecified atom stereocenters. The van der Waals surface area contributed by atoms with E-state index in [4.69, 9.17) is 9.47 Å². The minimum absolute atomic E-state index is 0.0566. The van der Waals surface area contributed by atoms with Gasteiger partial charge in [-0.1, -0.05) is 18.2 Å². The minimum Gasteiger partial charge on any atom is -0.486 e. The maximum atomic E-state index is 12.1. The Balaban J connectivity index is 1.66. The number of fused-ring (bicyclic) bond motifs is 1. The maximum Gasteiger partial charge on any atom is 0.344 e. The first-order valence-corrected chi connectivity index (χ1v) is 7.17. The van der Waals surface area contributed by atoms with Gasteiger partial charge in [0.05, 0.1) is 0 Å². The van der Waals surface area contributed by atoms with Crippen molar-refractivity contribution in [3.63, 3.8) is 0 Å². The van der Waals surface area contributed by atoms with Crippen molar-refractivity contribution in [2.45, 2.75) is 26.4 Å². The van der Waals surface area contributed by atoms with Gasteiger partial charge in [-0.3, -0.25) is 4.79 Å². The zero-order chi connectivity index (χ0) is 15.7. The normalized spacial score (nSPS) is 16.0. The first kappa shape index (κ1) is 14.4. The lowest BCUT2D eigenvalue weighted by molar-refractivity contribution is 0.0344. The Bertz CT molecular complexity index is 753. The van der Waals surface area contributed by atoms with E-state index in [1.165, 1.54) is 0 Å². The van der Waals surface area contributed by atoms with Gasteiger partial charge >= 0.3 is 5.97 Å². The molecule has 0 amide bonds. The van der Waals surface area contributed by atoms with Crippen molar-refractivity contribution < 1.29 is 14.3 Å². The number of benzene rings is 1. The molecule has 1 aromatic carbocycles. The summed E-state index contributed by atoms with van der Waals surface area (Å²) in [5, 5.41) is 0. The number of pyridine rings is 1. The zero-order valence-electron chi connectivity index (χ0n) is 12.5. The van der Waals surface area contributed by atoms with Gasteiger partial charge in [0.15, 0.2) is 0 Å². The summed E-state index contributed by atoms with van der Waals surface area (Å²) in [7, 11) is 0. The van der Waals surface area contributed by atoms with Crippen LogP contribution < -0.4 is 10.3 Å². The third-order valence-electron chi connectivity index (χ3n) is 3.68. The van der Waals surface area contributed by atoms with Crippen LogP contribution in [0.1, 0.15) is 27.2 Å². The molecule has 0 bridgehead atoms. The van der Waals surface area contributed by atoms with Gasteiger partial charge in [-0.15, -0.1) is 0 Å². The summed E-state index contributed by atoms with van der Waals surface area (Å²) in [6.07, 6.45) is 0.498. The quantitative estimate of drug-likeness (QED) is 0.882. The number of H-pyrrole nitrogens is 1. The fourth-order valence-corrected chi connectivity index (χ4v) is 2.70. The molecule has 2 aromatic rings. The maximum absolute atomic E-state index is 12.1. The molecule has 1 N–H and O–H groups in total. The Morgan fingerprint density at radius 2 is 2.14 bits per heavy atom. The highest BCUT2D eigenvalue weighted by molar-refractivity contribution is 5.90. The topological polar surface area (TPSA) is 68.4 Å². The average Bonchev–Trinajstić information content (AvgIpc) is 2.86. The second-order valence-electron chi connectivity index (χ2n) is 5.49. The number of aryl methyl sites for hydroxylation is 2. The van der Waals surface area contributed by atoms with E-state index < -0.39 is 11.5 Å². The molecule has 0 saturated carbocycles. The van der Waals surface area contributed by atoms with Crippen LogP contribution in [0.3, 0.4) is 0 Å². The molecule has 1 aromatic heterocycles. The van der Waals surface area contributed by atoms with Gasteiger partial charge < -0.3 is 14.5 Å². The fraction of sp³-hybridized carbons (Fsp3) is 0.294. The molecule has 1 atom stereocenters. The van der Waals surface area contributed by atoms with Gasteiger partial charge in [0.25, 0.3) is 5.56 Å². The first-order valence-electron chi connectivity index (χ1n) is 7.17. The van der Waals surface area contributed by atoms with Gasteiger partial charge in [-0.05, 0) is 37.1 Å². The zero-order valence-corrected chi connectivity index (χ0v) is 12.5. The van der Waals surface area contributed by atoms with Crippen LogP contribution >= 0.6 is 0 Å². The van der Waals surface area contributed by atoms with Crippen molar-refractivity contribution in [2.75, 3.05) is 6.61 Å². The van der Waals surface area contributed by atoms with E-state index in [9.17, 15) is 9.59 Å². The van der Waals surface area contributed by atoms with Gasteiger partial charge in [0, 0.05) is 12.1 Å². The van der Waals surface area contributed by atoms with E-state index in [-0.39, 0.29) is 18.3 Å². The number of ether oxygens (including phenoxy) is 2. The Hall–Kier alpha value is -2.56. The van der Waals surface area contributed by atoms with Crippen molar-refractivity contribution in [3.8, 4) is 5.75 Å². The summed E-state index contributed by atoms with van der Waals surface area (Å²) in [5.41, 5.74) is 2.07. The van der Waals surface area contributed by atoms with Crippen molar-refractivity contribution in [1.82, 2.24) is 4.98 Å². The Kier molecular flexibility index (Phi) is 3.71. The standard InChI is InChI=1S/C17H17NO4/c1-10-7-11(2)18-16(19)15(10)17(20)21-9-13-8-12-5-3-4-6-14(12)22-13/h3-7,13H,8-9H2,1-2H3,(H,18,19)/t13-/m0/s1. The van der Waals surface area contributed by atoms with Crippen LogP contribution in [0.4, 0.5) is 0 Å². The Morgan fingerprint density at radius 1 is 1.36 bits per heavy atom. The molecule has 0 spiro atoms. The molecule has 0 fully saturated rings. The van der Waals surface area contributed by atoms with Crippen molar-refractivity contribution in [2.24, 2.45) is 0 Å². The van der Waals surface area contributed by atoms with Crippen LogP contribution in [0, 0.1) is 13.8 Å². The molecule has 1 aliphatic heterocycles. The minimum atomic E-state index is -0.613. The first-order chi connectivity index (χ1) is 10.5. The third-order valence-corrected chi connectivity index (χ3v) is 3.68. The summed E-state index contributed by atoms with van der Waals surface area (Å²) >= 11 is 0. The number of carbonyl (C=O) groups is 1. The number of para-hydroxylation sites is 1. The summed E-state index contributed by atoms with van der Waals surface area (Å²) in [4.78, 5) is 26.6. The molecule has 2 heterocycles. The molecule has 5 nitrogen and oxygen atoms in total. The molecule has 5 heteroatoms. The van der Waals surface area contributed by atoms with E-state index in [0.29, 0.717) is 17.7 Å². The predicted molar refractivity (Wildman–Crippen MR) is 81.4 cm³/mol. The third kappa shape index (κ3) is 2.74. The molecule has 114 valence electrons. The average molecular weight is 299 g/mol. The Labute approximate surface area is 127 Å². The van der Waals surface area contributed by atoms with Crippen molar-refractivity contribution >= 4 is 5.97 Å². The number of esters is 1. The number of nitrogens with one attached hydrogen (secondary N) is 1. The number of carbonyl (C=O) groups excluding carboxylic acids is 1. The SMILES string of the molecule is Cc1cc(C)c(C(=O)OC[C@@H]2Cc3ccccc3O2)c(=O)[nH]1. The molecule has 22 heavy (non-hydrogen) atoms. The number of aromatic amines is 1. The van der Waals surface area contributed by atoms with E-state index in [0.717, 1.165) is 11.3 Å². The fourth-order valence-electron chi connectivity index (χ4n) is 2.70. The van der Waals surface area contributed by atoms with E-state index in [1.807, 2.05) is 24.3 Å². The van der Waals surface area contributed by atoms with Crippen molar-refractivity contribution in [3.05, 3.63) is 63.1 Å². The number of hydrogen-bond donors (Lipinski definition) is 1. The highest BCUT2D eigenvalue weighted by Crippen LogP contribution is 2.28. The largest absolute Gasteiger partial charge is 0.486 e. The molecule has 0 aliphatic carbocycles. The van der Waals surface area contributed by atoms with E-state index >= 15 is 0 Å². The van der Waals surface area contributed by atoms with Gasteiger partial charge in [-0.2, -0.15) is 0 Å². The van der Waals surface area contributed by atoms with Crippen LogP contribution in [0.25, 0.3) is 0 Å². The monoisotopic (exact) mass is 299 g/mol. The van der Waals surface area contributed by atoms with Crippen molar-refractivity contribution in [1.29, 1.82) is 0 Å². The molecule has 0 saturated heterocycles. The van der Waals surface area contributed by atoms with E-state index in [1.54, 1.807) is 19.9 Å². The Morgan fingerprint density at radius 3 is 2.86 bits per heavy atom.